The van der Waals surface area contributed by atoms with Crippen molar-refractivity contribution in [3.63, 3.8) is 0 Å². The summed E-state index contributed by atoms with van der Waals surface area (Å²) in [6, 6.07) is 2.01. The fourth-order valence-corrected chi connectivity index (χ4v) is 4.43. The second-order valence-corrected chi connectivity index (χ2v) is 7.36. The van der Waals surface area contributed by atoms with Crippen LogP contribution in [0, 0.1) is 6.92 Å². The van der Waals surface area contributed by atoms with Crippen molar-refractivity contribution < 1.29 is 9.90 Å². The van der Waals surface area contributed by atoms with E-state index in [9.17, 15) is 9.90 Å². The quantitative estimate of drug-likeness (QED) is 0.940. The van der Waals surface area contributed by atoms with Gasteiger partial charge in [0.1, 0.15) is 9.88 Å². The number of β-amino-alcohol motifs (C(OH)–C–C–N with tert-alkyl or cyclic N) is 1. The zero-order valence-corrected chi connectivity index (χ0v) is 13.8. The van der Waals surface area contributed by atoms with Gasteiger partial charge in [-0.25, -0.2) is 4.98 Å². The van der Waals surface area contributed by atoms with Crippen molar-refractivity contribution in [2.45, 2.75) is 32.3 Å². The molecule has 1 aliphatic rings. The van der Waals surface area contributed by atoms with Gasteiger partial charge in [0.25, 0.3) is 5.91 Å². The number of aliphatic hydroxyl groups is 1. The molecule has 3 heterocycles. The molecule has 1 N–H and O–H groups in total. The molecule has 1 fully saturated rings. The molecule has 1 amide bonds. The SMILES string of the molecule is CCCC1(O)CN(C(=O)c2sc(-c3ccsc3)nc2C)C1. The van der Waals surface area contributed by atoms with E-state index >= 15 is 0 Å². The van der Waals surface area contributed by atoms with Crippen LogP contribution < -0.4 is 0 Å². The van der Waals surface area contributed by atoms with E-state index in [2.05, 4.69) is 4.98 Å². The summed E-state index contributed by atoms with van der Waals surface area (Å²) in [5.41, 5.74) is 1.16. The van der Waals surface area contributed by atoms with Gasteiger partial charge in [-0.2, -0.15) is 11.3 Å². The van der Waals surface area contributed by atoms with Gasteiger partial charge in [-0.05, 0) is 24.8 Å². The van der Waals surface area contributed by atoms with Gasteiger partial charge in [0, 0.05) is 10.9 Å². The minimum absolute atomic E-state index is 0.00717. The number of carbonyl (C=O) groups excluding carboxylic acids is 1. The first-order chi connectivity index (χ1) is 10.0. The number of likely N-dealkylation sites (tertiary alicyclic amines) is 1. The highest BCUT2D eigenvalue weighted by Gasteiger charge is 2.43. The highest BCUT2D eigenvalue weighted by atomic mass is 32.1. The fraction of sp³-hybridized carbons (Fsp3) is 0.467. The van der Waals surface area contributed by atoms with Gasteiger partial charge in [-0.1, -0.05) is 13.3 Å². The molecule has 2 aromatic rings. The van der Waals surface area contributed by atoms with E-state index in [1.165, 1.54) is 11.3 Å². The Morgan fingerprint density at radius 1 is 1.52 bits per heavy atom. The Morgan fingerprint density at radius 3 is 2.90 bits per heavy atom. The Kier molecular flexibility index (Phi) is 3.86. The van der Waals surface area contributed by atoms with Crippen molar-refractivity contribution in [2.75, 3.05) is 13.1 Å². The molecule has 0 unspecified atom stereocenters. The van der Waals surface area contributed by atoms with Crippen LogP contribution in [-0.2, 0) is 0 Å². The summed E-state index contributed by atoms with van der Waals surface area (Å²) in [6.45, 7) is 4.79. The van der Waals surface area contributed by atoms with Gasteiger partial charge in [-0.15, -0.1) is 11.3 Å². The first-order valence-electron chi connectivity index (χ1n) is 7.04. The monoisotopic (exact) mass is 322 g/mol. The highest BCUT2D eigenvalue weighted by Crippen LogP contribution is 2.33. The number of rotatable bonds is 4. The normalized spacial score (nSPS) is 16.8. The summed E-state index contributed by atoms with van der Waals surface area (Å²) in [5, 5.41) is 15.1. The van der Waals surface area contributed by atoms with Crippen LogP contribution in [0.25, 0.3) is 10.6 Å². The van der Waals surface area contributed by atoms with Crippen LogP contribution in [0.2, 0.25) is 0 Å². The van der Waals surface area contributed by atoms with Gasteiger partial charge < -0.3 is 10.0 Å². The standard InChI is InChI=1S/C15H18N2O2S2/c1-3-5-15(19)8-17(9-15)14(18)12-10(2)16-13(21-12)11-4-6-20-7-11/h4,6-7,19H,3,5,8-9H2,1-2H3. The Balaban J connectivity index is 1.75. The summed E-state index contributed by atoms with van der Waals surface area (Å²) in [4.78, 5) is 19.4. The number of nitrogens with zero attached hydrogens (tertiary/aromatic N) is 2. The van der Waals surface area contributed by atoms with Gasteiger partial charge in [-0.3, -0.25) is 4.79 Å². The van der Waals surface area contributed by atoms with E-state index in [0.717, 1.165) is 29.1 Å². The minimum Gasteiger partial charge on any atom is -0.386 e. The van der Waals surface area contributed by atoms with Gasteiger partial charge in [0.2, 0.25) is 0 Å². The Morgan fingerprint density at radius 2 is 2.29 bits per heavy atom. The number of hydrogen-bond acceptors (Lipinski definition) is 5. The number of carbonyl (C=O) groups is 1. The average Bonchev–Trinajstić information content (AvgIpc) is 3.04. The molecule has 6 heteroatoms. The van der Waals surface area contributed by atoms with Crippen LogP contribution in [0.4, 0.5) is 0 Å². The third-order valence-electron chi connectivity index (χ3n) is 3.73. The van der Waals surface area contributed by atoms with Crippen LogP contribution in [0.5, 0.6) is 0 Å². The molecule has 0 spiro atoms. The third-order valence-corrected chi connectivity index (χ3v) is 5.61. The number of thiazole rings is 1. The molecule has 112 valence electrons. The molecule has 0 atom stereocenters. The molecule has 2 aromatic heterocycles. The molecule has 0 aromatic carbocycles. The molecule has 4 nitrogen and oxygen atoms in total. The van der Waals surface area contributed by atoms with Crippen LogP contribution in [-0.4, -0.2) is 39.6 Å². The molecule has 0 radical (unpaired) electrons. The molecule has 1 aliphatic heterocycles. The van der Waals surface area contributed by atoms with Crippen molar-refractivity contribution in [2.24, 2.45) is 0 Å². The Labute approximate surface area is 132 Å². The maximum absolute atomic E-state index is 12.5. The maximum Gasteiger partial charge on any atom is 0.266 e. The fourth-order valence-electron chi connectivity index (χ4n) is 2.68. The molecule has 0 saturated carbocycles. The second-order valence-electron chi connectivity index (χ2n) is 5.58. The number of aromatic nitrogens is 1. The van der Waals surface area contributed by atoms with E-state index in [0.29, 0.717) is 18.0 Å². The largest absolute Gasteiger partial charge is 0.386 e. The molecular weight excluding hydrogens is 304 g/mol. The van der Waals surface area contributed by atoms with Crippen molar-refractivity contribution in [3.8, 4) is 10.6 Å². The lowest BCUT2D eigenvalue weighted by Crippen LogP contribution is -2.63. The summed E-state index contributed by atoms with van der Waals surface area (Å²) in [7, 11) is 0. The van der Waals surface area contributed by atoms with Crippen molar-refractivity contribution in [1.29, 1.82) is 0 Å². The summed E-state index contributed by atoms with van der Waals surface area (Å²) in [6.07, 6.45) is 1.68. The van der Waals surface area contributed by atoms with Crippen molar-refractivity contribution in [3.05, 3.63) is 27.4 Å². The van der Waals surface area contributed by atoms with Gasteiger partial charge >= 0.3 is 0 Å². The first-order valence-corrected chi connectivity index (χ1v) is 8.80. The lowest BCUT2D eigenvalue weighted by Gasteiger charge is -2.46. The van der Waals surface area contributed by atoms with Crippen LogP contribution >= 0.6 is 22.7 Å². The second kappa shape index (κ2) is 5.51. The van der Waals surface area contributed by atoms with Crippen LogP contribution in [0.3, 0.4) is 0 Å². The number of amides is 1. The predicted octanol–water partition coefficient (Wildman–Crippen LogP) is 3.17. The highest BCUT2D eigenvalue weighted by molar-refractivity contribution is 7.17. The van der Waals surface area contributed by atoms with E-state index < -0.39 is 5.60 Å². The van der Waals surface area contributed by atoms with E-state index in [4.69, 9.17) is 0 Å². The maximum atomic E-state index is 12.5. The average molecular weight is 322 g/mol. The topological polar surface area (TPSA) is 53.4 Å². The van der Waals surface area contributed by atoms with Crippen LogP contribution in [0.15, 0.2) is 16.8 Å². The minimum atomic E-state index is -0.681. The zero-order chi connectivity index (χ0) is 15.0. The third kappa shape index (κ3) is 2.75. The number of aryl methyl sites for hydroxylation is 1. The number of thiophene rings is 1. The molecule has 21 heavy (non-hydrogen) atoms. The zero-order valence-electron chi connectivity index (χ0n) is 12.1. The molecule has 3 rings (SSSR count). The van der Waals surface area contributed by atoms with Gasteiger partial charge in [0.05, 0.1) is 24.4 Å². The predicted molar refractivity (Wildman–Crippen MR) is 85.9 cm³/mol. The van der Waals surface area contributed by atoms with E-state index in [1.807, 2.05) is 30.7 Å². The summed E-state index contributed by atoms with van der Waals surface area (Å²) < 4.78 is 0. The first kappa shape index (κ1) is 14.7. The molecule has 1 saturated heterocycles. The molecule has 0 bridgehead atoms. The Hall–Kier alpha value is -1.24. The summed E-state index contributed by atoms with van der Waals surface area (Å²) in [5.74, 6) is -0.00717. The Bertz CT molecular complexity index is 643. The van der Waals surface area contributed by atoms with Crippen molar-refractivity contribution in [1.82, 2.24) is 9.88 Å². The van der Waals surface area contributed by atoms with E-state index in [1.54, 1.807) is 16.2 Å². The van der Waals surface area contributed by atoms with E-state index in [-0.39, 0.29) is 5.91 Å². The lowest BCUT2D eigenvalue weighted by atomic mass is 9.89. The molecule has 0 aliphatic carbocycles. The van der Waals surface area contributed by atoms with Crippen LogP contribution in [0.1, 0.15) is 35.1 Å². The molecular formula is C15H18N2O2S2. The smallest absolute Gasteiger partial charge is 0.266 e. The number of hydrogen-bond donors (Lipinski definition) is 1. The van der Waals surface area contributed by atoms with Crippen molar-refractivity contribution >= 4 is 28.6 Å². The summed E-state index contributed by atoms with van der Waals surface area (Å²) >= 11 is 3.06. The lowest BCUT2D eigenvalue weighted by molar-refractivity contribution is -0.0858. The van der Waals surface area contributed by atoms with Gasteiger partial charge in [0.15, 0.2) is 0 Å².